The highest BCUT2D eigenvalue weighted by Crippen LogP contribution is 2.47. The van der Waals surface area contributed by atoms with Crippen LogP contribution in [0, 0.1) is 0 Å². The Kier molecular flexibility index (Phi) is 17.1. The first-order valence-electron chi connectivity index (χ1n) is 23.2. The van der Waals surface area contributed by atoms with Crippen LogP contribution >= 0.6 is 0 Å². The van der Waals surface area contributed by atoms with E-state index in [4.69, 9.17) is 28.4 Å². The number of fused-ring (bicyclic) bond motifs is 1. The molecule has 0 radical (unpaired) electrons. The lowest BCUT2D eigenvalue weighted by molar-refractivity contribution is -0.298. The van der Waals surface area contributed by atoms with Crippen molar-refractivity contribution in [2.24, 2.45) is 0 Å². The molecule has 0 spiro atoms. The van der Waals surface area contributed by atoms with Crippen molar-refractivity contribution >= 4 is 29.8 Å². The predicted octanol–water partition coefficient (Wildman–Crippen LogP) is 3.59. The number of carbonyl (C=O) groups is 4. The summed E-state index contributed by atoms with van der Waals surface area (Å²) in [6.45, 7) is 4.15. The number of benzene rings is 4. The molecule has 2 amide bonds. The topological polar surface area (TPSA) is 249 Å². The van der Waals surface area contributed by atoms with Crippen LogP contribution in [0.5, 0.6) is 0 Å². The minimum Gasteiger partial charge on any atom is -0.460 e. The number of aliphatic hydroxyl groups excluding tert-OH is 5. The van der Waals surface area contributed by atoms with Gasteiger partial charge in [-0.1, -0.05) is 103 Å². The van der Waals surface area contributed by atoms with Gasteiger partial charge in [0.1, 0.15) is 48.3 Å². The zero-order valence-electron chi connectivity index (χ0n) is 39.1. The van der Waals surface area contributed by atoms with E-state index in [9.17, 15) is 44.7 Å². The molecular formula is C53H60N2O15. The second-order valence-corrected chi connectivity index (χ2v) is 18.2. The third-order valence-corrected chi connectivity index (χ3v) is 11.9. The number of hydrogen-bond acceptors (Lipinski definition) is 15. The Balaban J connectivity index is 1.07. The molecule has 1 aliphatic carbocycles. The van der Waals surface area contributed by atoms with E-state index in [0.29, 0.717) is 22.3 Å². The van der Waals surface area contributed by atoms with Crippen LogP contribution in [0.3, 0.4) is 0 Å². The van der Waals surface area contributed by atoms with Crippen molar-refractivity contribution < 1.29 is 73.1 Å². The Morgan fingerprint density at radius 2 is 1.51 bits per heavy atom. The molecule has 17 heteroatoms. The molecule has 4 aromatic carbocycles. The number of rotatable bonds is 18. The Morgan fingerprint density at radius 3 is 2.19 bits per heavy atom. The minimum atomic E-state index is -1.61. The van der Waals surface area contributed by atoms with E-state index in [1.807, 2.05) is 60.7 Å². The predicted molar refractivity (Wildman–Crippen MR) is 252 cm³/mol. The fourth-order valence-corrected chi connectivity index (χ4v) is 8.43. The summed E-state index contributed by atoms with van der Waals surface area (Å²) in [4.78, 5) is 53.9. The normalized spacial score (nSPS) is 24.5. The van der Waals surface area contributed by atoms with Gasteiger partial charge in [0.05, 0.1) is 31.4 Å². The molecule has 2 aliphatic heterocycles. The summed E-state index contributed by atoms with van der Waals surface area (Å²) in [6.07, 6.45) is -5.04. The van der Waals surface area contributed by atoms with E-state index in [2.05, 4.69) is 10.6 Å². The van der Waals surface area contributed by atoms with Gasteiger partial charge in [0.15, 0.2) is 6.29 Å². The van der Waals surface area contributed by atoms with Gasteiger partial charge in [-0.25, -0.2) is 4.79 Å². The van der Waals surface area contributed by atoms with E-state index in [-0.39, 0.29) is 55.7 Å². The van der Waals surface area contributed by atoms with E-state index in [1.165, 1.54) is 0 Å². The fraction of sp³-hybridized carbons (Fsp3) is 0.396. The Hall–Kier alpha value is -6.12. The highest BCUT2D eigenvalue weighted by molar-refractivity contribution is 5.96. The molecule has 7 rings (SSSR count). The van der Waals surface area contributed by atoms with Crippen LogP contribution in [0.2, 0.25) is 0 Å². The minimum absolute atomic E-state index is 0.00295. The van der Waals surface area contributed by atoms with Crippen LogP contribution in [0.1, 0.15) is 83.0 Å². The van der Waals surface area contributed by atoms with Crippen LogP contribution in [-0.2, 0) is 50.3 Å². The van der Waals surface area contributed by atoms with E-state index >= 15 is 0 Å². The molecule has 2 saturated heterocycles. The number of ether oxygens (including phenoxy) is 6. The second kappa shape index (κ2) is 23.2. The van der Waals surface area contributed by atoms with E-state index in [1.54, 1.807) is 87.5 Å². The quantitative estimate of drug-likeness (QED) is 0.0705. The lowest BCUT2D eigenvalue weighted by Gasteiger charge is -2.39. The Morgan fingerprint density at radius 1 is 0.829 bits per heavy atom. The van der Waals surface area contributed by atoms with Gasteiger partial charge in [0.25, 0.3) is 5.91 Å². The average molecular weight is 965 g/mol. The molecule has 2 fully saturated rings. The van der Waals surface area contributed by atoms with Gasteiger partial charge < -0.3 is 64.6 Å². The maximum atomic E-state index is 14.3. The molecule has 0 aromatic heterocycles. The molecule has 0 bridgehead atoms. The third-order valence-electron chi connectivity index (χ3n) is 11.9. The van der Waals surface area contributed by atoms with Gasteiger partial charge in [0, 0.05) is 41.6 Å². The Labute approximate surface area is 405 Å². The number of hydrogen-bond donors (Lipinski definition) is 7. The standard InChI is InChI=1S/C53H60N2O15/c1-52(2,3)69-43(58)24-23-38(30-56)55-49(63)34-16-12-14-32(26-34)29-54-48(62)35-27-40(47-41(28-35)68-53(70-47,36-18-6-4-7-19-36)37-20-8-5-9-21-37)66-50(64)39-22-11-10-15-33(39)17-13-25-65-51-46(61)45(60)44(59)42(31-57)67-51/h4-22,26,28,38,40-42,44-47,51,56-57,59-61H,23-25,27,29-31H2,1-3H3,(H,54,62)(H,55,63). The number of esters is 2. The van der Waals surface area contributed by atoms with Crippen LogP contribution in [0.15, 0.2) is 127 Å². The molecule has 7 N–H and O–H groups in total. The van der Waals surface area contributed by atoms with Crippen molar-refractivity contribution in [3.05, 3.63) is 160 Å². The third kappa shape index (κ3) is 12.6. The number of aliphatic hydroxyl groups is 5. The number of carbonyl (C=O) groups excluding carboxylic acids is 4. The lowest BCUT2D eigenvalue weighted by Crippen LogP contribution is -2.59. The summed E-state index contributed by atoms with van der Waals surface area (Å²) in [6, 6.07) is 31.2. The first kappa shape index (κ1) is 51.7. The van der Waals surface area contributed by atoms with Crippen molar-refractivity contribution in [1.82, 2.24) is 10.6 Å². The molecule has 0 saturated carbocycles. The van der Waals surface area contributed by atoms with Crippen LogP contribution < -0.4 is 10.6 Å². The van der Waals surface area contributed by atoms with Gasteiger partial charge >= 0.3 is 11.9 Å². The molecule has 2 heterocycles. The molecule has 17 nitrogen and oxygen atoms in total. The molecule has 3 aliphatic rings. The highest BCUT2D eigenvalue weighted by atomic mass is 16.8. The summed E-state index contributed by atoms with van der Waals surface area (Å²) in [7, 11) is 0. The van der Waals surface area contributed by atoms with Crippen molar-refractivity contribution in [2.45, 2.75) is 113 Å². The van der Waals surface area contributed by atoms with Crippen molar-refractivity contribution in [2.75, 3.05) is 19.8 Å². The summed E-state index contributed by atoms with van der Waals surface area (Å²) < 4.78 is 36.4. The van der Waals surface area contributed by atoms with Crippen molar-refractivity contribution in [1.29, 1.82) is 0 Å². The molecule has 70 heavy (non-hydrogen) atoms. The number of nitrogens with one attached hydrogen (secondary N) is 2. The summed E-state index contributed by atoms with van der Waals surface area (Å²) >= 11 is 0. The maximum absolute atomic E-state index is 14.3. The van der Waals surface area contributed by atoms with Crippen LogP contribution in [0.25, 0.3) is 6.08 Å². The smallest absolute Gasteiger partial charge is 0.339 e. The molecule has 9 atom stereocenters. The zero-order valence-corrected chi connectivity index (χ0v) is 39.1. The Bertz CT molecular complexity index is 2450. The molecule has 4 aromatic rings. The van der Waals surface area contributed by atoms with Gasteiger partial charge in [-0.2, -0.15) is 0 Å². The van der Waals surface area contributed by atoms with Gasteiger partial charge in [-0.05, 0) is 62.6 Å². The van der Waals surface area contributed by atoms with E-state index in [0.717, 1.165) is 0 Å². The average Bonchev–Trinajstić information content (AvgIpc) is 3.77. The summed E-state index contributed by atoms with van der Waals surface area (Å²) in [5, 5.41) is 55.8. The first-order chi connectivity index (χ1) is 33.6. The molecule has 9 unspecified atom stereocenters. The fourth-order valence-electron chi connectivity index (χ4n) is 8.43. The van der Waals surface area contributed by atoms with Gasteiger partial charge in [-0.15, -0.1) is 0 Å². The van der Waals surface area contributed by atoms with Gasteiger partial charge in [-0.3, -0.25) is 14.4 Å². The summed E-state index contributed by atoms with van der Waals surface area (Å²) in [5.41, 5.74) is 2.46. The lowest BCUT2D eigenvalue weighted by atomic mass is 9.91. The maximum Gasteiger partial charge on any atom is 0.339 e. The second-order valence-electron chi connectivity index (χ2n) is 18.2. The first-order valence-corrected chi connectivity index (χ1v) is 23.2. The van der Waals surface area contributed by atoms with E-state index < -0.39 is 96.8 Å². The van der Waals surface area contributed by atoms with Crippen molar-refractivity contribution in [3.63, 3.8) is 0 Å². The zero-order chi connectivity index (χ0) is 50.0. The summed E-state index contributed by atoms with van der Waals surface area (Å²) in [5.74, 6) is -3.55. The van der Waals surface area contributed by atoms with Crippen molar-refractivity contribution in [3.8, 4) is 0 Å². The largest absolute Gasteiger partial charge is 0.460 e. The van der Waals surface area contributed by atoms with Crippen LogP contribution in [0.4, 0.5) is 0 Å². The molecule has 372 valence electrons. The number of amides is 2. The molecular weight excluding hydrogens is 905 g/mol. The van der Waals surface area contributed by atoms with Crippen LogP contribution in [-0.4, -0.2) is 130 Å². The highest BCUT2D eigenvalue weighted by Gasteiger charge is 2.55. The monoisotopic (exact) mass is 964 g/mol. The SMILES string of the molecule is CC(C)(C)OC(=O)CCC(CO)NC(=O)c1cccc(CNC(=O)C2=CC3OC(c4ccccc4)(c4ccccc4)OC3C(OC(=O)c3ccccc3C=CCOC3OC(CO)C(O)C(O)C3O)C2)c1. The van der Waals surface area contributed by atoms with Gasteiger partial charge in [0.2, 0.25) is 11.7 Å².